The third-order valence-corrected chi connectivity index (χ3v) is 8.10. The molecule has 3 aromatic carbocycles. The molecule has 38 heavy (non-hydrogen) atoms. The van der Waals surface area contributed by atoms with Gasteiger partial charge in [0.15, 0.2) is 11.5 Å². The van der Waals surface area contributed by atoms with Gasteiger partial charge in [-0.3, -0.25) is 4.79 Å². The number of ether oxygens (including phenoxy) is 3. The van der Waals surface area contributed by atoms with E-state index in [0.29, 0.717) is 22.8 Å². The van der Waals surface area contributed by atoms with E-state index >= 15 is 0 Å². The van der Waals surface area contributed by atoms with E-state index in [1.54, 1.807) is 24.3 Å². The molecule has 0 aromatic heterocycles. The second-order valence-corrected chi connectivity index (χ2v) is 10.9. The first-order chi connectivity index (χ1) is 18.0. The fraction of sp³-hybridized carbons (Fsp3) is 0.296. The van der Waals surface area contributed by atoms with Crippen molar-refractivity contribution in [2.45, 2.75) is 24.9 Å². The molecule has 0 saturated heterocycles. The van der Waals surface area contributed by atoms with E-state index < -0.39 is 34.8 Å². The highest BCUT2D eigenvalue weighted by Crippen LogP contribution is 2.38. The molecule has 0 fully saturated rings. The van der Waals surface area contributed by atoms with Gasteiger partial charge in [0.25, 0.3) is 0 Å². The van der Waals surface area contributed by atoms with Gasteiger partial charge < -0.3 is 19.1 Å². The molecule has 0 atom stereocenters. The Kier molecular flexibility index (Phi) is 9.59. The van der Waals surface area contributed by atoms with Crippen molar-refractivity contribution in [1.29, 1.82) is 0 Å². The van der Waals surface area contributed by atoms with E-state index in [1.807, 2.05) is 6.92 Å². The molecule has 3 rings (SSSR count). The van der Waals surface area contributed by atoms with Crippen LogP contribution in [0.15, 0.2) is 59.5 Å². The molecule has 1 amide bonds. The van der Waals surface area contributed by atoms with Crippen LogP contribution >= 0.6 is 11.6 Å². The van der Waals surface area contributed by atoms with Crippen LogP contribution in [0.4, 0.5) is 4.39 Å². The second-order valence-electron chi connectivity index (χ2n) is 8.57. The van der Waals surface area contributed by atoms with E-state index in [2.05, 4.69) is 0 Å². The zero-order valence-corrected chi connectivity index (χ0v) is 23.4. The van der Waals surface area contributed by atoms with Gasteiger partial charge in [0.1, 0.15) is 5.82 Å². The van der Waals surface area contributed by atoms with E-state index in [-0.39, 0.29) is 22.0 Å². The largest absolute Gasteiger partial charge is 0.493 e. The number of hydrogen-bond acceptors (Lipinski definition) is 6. The molecule has 0 unspecified atom stereocenters. The number of carbonyl (C=O) groups excluding carboxylic acids is 1. The number of aryl methyl sites for hydroxylation is 1. The van der Waals surface area contributed by atoms with Gasteiger partial charge in [0.2, 0.25) is 21.7 Å². The van der Waals surface area contributed by atoms with Crippen LogP contribution < -0.4 is 14.2 Å². The minimum Gasteiger partial charge on any atom is -0.493 e. The van der Waals surface area contributed by atoms with Gasteiger partial charge in [-0.15, -0.1) is 0 Å². The van der Waals surface area contributed by atoms with E-state index in [0.717, 1.165) is 9.87 Å². The number of likely N-dealkylation sites (N-methyl/N-ethyl adjacent to an activating group) is 1. The van der Waals surface area contributed by atoms with Gasteiger partial charge in [-0.1, -0.05) is 35.4 Å². The van der Waals surface area contributed by atoms with Crippen LogP contribution in [-0.4, -0.2) is 58.5 Å². The lowest BCUT2D eigenvalue weighted by atomic mass is 10.1. The topological polar surface area (TPSA) is 85.4 Å². The summed E-state index contributed by atoms with van der Waals surface area (Å²) in [6, 6.07) is 13.7. The first kappa shape index (κ1) is 29.2. The summed E-state index contributed by atoms with van der Waals surface area (Å²) in [4.78, 5) is 14.6. The van der Waals surface area contributed by atoms with Gasteiger partial charge >= 0.3 is 0 Å². The number of sulfonamides is 1. The number of rotatable bonds is 11. The van der Waals surface area contributed by atoms with Crippen molar-refractivity contribution >= 4 is 27.5 Å². The van der Waals surface area contributed by atoms with Crippen LogP contribution in [-0.2, 0) is 27.9 Å². The van der Waals surface area contributed by atoms with E-state index in [1.165, 1.54) is 63.6 Å². The summed E-state index contributed by atoms with van der Waals surface area (Å²) in [7, 11) is 1.82. The smallest absolute Gasteiger partial charge is 0.243 e. The summed E-state index contributed by atoms with van der Waals surface area (Å²) in [6.45, 7) is 0.983. The maximum atomic E-state index is 14.6. The van der Waals surface area contributed by atoms with Gasteiger partial charge in [-0.05, 0) is 48.9 Å². The van der Waals surface area contributed by atoms with Gasteiger partial charge in [-0.25, -0.2) is 12.8 Å². The summed E-state index contributed by atoms with van der Waals surface area (Å²) in [5.41, 5.74) is 1.51. The maximum absolute atomic E-state index is 14.6. The first-order valence-electron chi connectivity index (χ1n) is 11.5. The molecular formula is C27H30ClFN2O6S. The molecule has 0 radical (unpaired) electrons. The Hall–Kier alpha value is -3.34. The lowest BCUT2D eigenvalue weighted by Gasteiger charge is -2.26. The lowest BCUT2D eigenvalue weighted by molar-refractivity contribution is -0.130. The van der Waals surface area contributed by atoms with Crippen LogP contribution in [0.3, 0.4) is 0 Å². The third kappa shape index (κ3) is 6.56. The molecule has 8 nitrogen and oxygen atoms in total. The molecule has 0 aliphatic heterocycles. The molecule has 0 saturated carbocycles. The Labute approximate surface area is 227 Å². The van der Waals surface area contributed by atoms with E-state index in [4.69, 9.17) is 25.8 Å². The Morgan fingerprint density at radius 1 is 0.947 bits per heavy atom. The highest BCUT2D eigenvalue weighted by atomic mass is 35.5. The van der Waals surface area contributed by atoms with Crippen molar-refractivity contribution < 1.29 is 31.8 Å². The van der Waals surface area contributed by atoms with E-state index in [9.17, 15) is 17.6 Å². The minimum absolute atomic E-state index is 0.0179. The van der Waals surface area contributed by atoms with Crippen molar-refractivity contribution in [2.24, 2.45) is 0 Å². The van der Waals surface area contributed by atoms with Crippen molar-refractivity contribution in [2.75, 3.05) is 34.9 Å². The van der Waals surface area contributed by atoms with Crippen molar-refractivity contribution in [3.63, 3.8) is 0 Å². The summed E-state index contributed by atoms with van der Waals surface area (Å²) < 4.78 is 58.7. The summed E-state index contributed by atoms with van der Waals surface area (Å²) >= 11 is 6.19. The maximum Gasteiger partial charge on any atom is 0.243 e. The number of nitrogens with zero attached hydrogens (tertiary/aromatic N) is 2. The SMILES string of the molecule is COc1cc(CN(C)C(=O)CN(Cc2c(F)cccc2Cl)S(=O)(=O)c2ccc(C)cc2)cc(OC)c1OC. The standard InChI is InChI=1S/C27H30ClFN2O6S/c1-18-9-11-20(12-10-18)38(33,34)31(16-21-22(28)7-6-8-23(21)29)17-26(32)30(2)15-19-13-24(35-3)27(37-5)25(14-19)36-4/h6-14H,15-17H2,1-5H3. The summed E-state index contributed by atoms with van der Waals surface area (Å²) in [5.74, 6) is 0.0625. The van der Waals surface area contributed by atoms with Crippen LogP contribution in [0.5, 0.6) is 17.2 Å². The van der Waals surface area contributed by atoms with Crippen LogP contribution in [0, 0.1) is 12.7 Å². The Balaban J connectivity index is 1.92. The third-order valence-electron chi connectivity index (χ3n) is 5.94. The normalized spacial score (nSPS) is 11.4. The second kappa shape index (κ2) is 12.5. The Morgan fingerprint density at radius 2 is 1.55 bits per heavy atom. The Morgan fingerprint density at radius 3 is 2.08 bits per heavy atom. The minimum atomic E-state index is -4.18. The number of hydrogen-bond donors (Lipinski definition) is 0. The number of benzene rings is 3. The molecule has 204 valence electrons. The number of methoxy groups -OCH3 is 3. The van der Waals surface area contributed by atoms with Gasteiger partial charge in [0, 0.05) is 30.7 Å². The molecule has 0 aliphatic rings. The van der Waals surface area contributed by atoms with Gasteiger partial charge in [-0.2, -0.15) is 4.31 Å². The number of carbonyl (C=O) groups is 1. The molecule has 0 heterocycles. The summed E-state index contributed by atoms with van der Waals surface area (Å²) in [5, 5.41) is 0.0623. The highest BCUT2D eigenvalue weighted by molar-refractivity contribution is 7.89. The van der Waals surface area contributed by atoms with Crippen LogP contribution in [0.25, 0.3) is 0 Å². The summed E-state index contributed by atoms with van der Waals surface area (Å²) in [6.07, 6.45) is 0. The predicted molar refractivity (Wildman–Crippen MR) is 143 cm³/mol. The highest BCUT2D eigenvalue weighted by Gasteiger charge is 2.30. The average molecular weight is 565 g/mol. The molecule has 0 N–H and O–H groups in total. The average Bonchev–Trinajstić information content (AvgIpc) is 2.89. The first-order valence-corrected chi connectivity index (χ1v) is 13.4. The quantitative estimate of drug-likeness (QED) is 0.337. The monoisotopic (exact) mass is 564 g/mol. The molecule has 0 aliphatic carbocycles. The van der Waals surface area contributed by atoms with Crippen molar-refractivity contribution in [3.8, 4) is 17.2 Å². The molecule has 11 heteroatoms. The molecule has 0 spiro atoms. The van der Waals surface area contributed by atoms with Crippen molar-refractivity contribution in [1.82, 2.24) is 9.21 Å². The zero-order valence-electron chi connectivity index (χ0n) is 21.8. The molecular weight excluding hydrogens is 535 g/mol. The lowest BCUT2D eigenvalue weighted by Crippen LogP contribution is -2.41. The molecule has 3 aromatic rings. The predicted octanol–water partition coefficient (Wildman–Crippen LogP) is 4.66. The number of amides is 1. The zero-order chi connectivity index (χ0) is 28.0. The van der Waals surface area contributed by atoms with Gasteiger partial charge in [0.05, 0.1) is 32.8 Å². The van der Waals surface area contributed by atoms with Crippen LogP contribution in [0.1, 0.15) is 16.7 Å². The fourth-order valence-corrected chi connectivity index (χ4v) is 5.39. The van der Waals surface area contributed by atoms with Crippen LogP contribution in [0.2, 0.25) is 5.02 Å². The van der Waals surface area contributed by atoms with Crippen molar-refractivity contribution in [3.05, 3.63) is 82.1 Å². The number of halogens is 2. The Bertz CT molecular complexity index is 1350. The fourth-order valence-electron chi connectivity index (χ4n) is 3.81. The molecule has 0 bridgehead atoms.